The number of nitrogens with one attached hydrogen (secondary N) is 1. The van der Waals surface area contributed by atoms with Gasteiger partial charge in [0.1, 0.15) is 0 Å². The summed E-state index contributed by atoms with van der Waals surface area (Å²) in [6, 6.07) is 2.82. The summed E-state index contributed by atoms with van der Waals surface area (Å²) in [5, 5.41) is 1.83. The lowest BCUT2D eigenvalue weighted by atomic mass is 10.1. The number of amides is 3. The zero-order chi connectivity index (χ0) is 20.2. The number of carbonyl (C=O) groups excluding carboxylic acids is 3. The maximum Gasteiger partial charge on any atom is 0.418 e. The predicted octanol–water partition coefficient (Wildman–Crippen LogP) is 2.60. The van der Waals surface area contributed by atoms with E-state index in [2.05, 4.69) is 0 Å². The molecule has 27 heavy (non-hydrogen) atoms. The van der Waals surface area contributed by atoms with Crippen molar-refractivity contribution in [3.8, 4) is 0 Å². The van der Waals surface area contributed by atoms with Crippen molar-refractivity contribution in [1.82, 2.24) is 9.80 Å². The molecule has 1 aliphatic heterocycles. The van der Waals surface area contributed by atoms with Gasteiger partial charge in [0.2, 0.25) is 0 Å². The van der Waals surface area contributed by atoms with Gasteiger partial charge in [0.25, 0.3) is 0 Å². The molecule has 1 aromatic carbocycles. The number of carbonyl (C=O) groups is 3. The van der Waals surface area contributed by atoms with E-state index in [-0.39, 0.29) is 37.8 Å². The first-order chi connectivity index (χ1) is 12.6. The summed E-state index contributed by atoms with van der Waals surface area (Å²) < 4.78 is 44.0. The molecule has 0 radical (unpaired) electrons. The number of hydrogen-bond acceptors (Lipinski definition) is 4. The third-order valence-corrected chi connectivity index (χ3v) is 4.06. The van der Waals surface area contributed by atoms with Crippen molar-refractivity contribution in [3.63, 3.8) is 0 Å². The van der Waals surface area contributed by atoms with Gasteiger partial charge < -0.3 is 19.9 Å². The number of ether oxygens (including phenoxy) is 1. The number of hydrogen-bond donors (Lipinski definition) is 1. The van der Waals surface area contributed by atoms with Crippen molar-refractivity contribution >= 4 is 35.2 Å². The molecule has 1 fully saturated rings. The van der Waals surface area contributed by atoms with Gasteiger partial charge >= 0.3 is 24.1 Å². The molecule has 1 heterocycles. The first-order valence-corrected chi connectivity index (χ1v) is 8.40. The van der Waals surface area contributed by atoms with E-state index in [0.29, 0.717) is 6.07 Å². The first kappa shape index (κ1) is 20.8. The van der Waals surface area contributed by atoms with Crippen LogP contribution in [0.5, 0.6) is 0 Å². The number of nitrogens with zero attached hydrogens (tertiary/aromatic N) is 2. The van der Waals surface area contributed by atoms with Gasteiger partial charge in [0, 0.05) is 31.2 Å². The minimum absolute atomic E-state index is 0.0673. The summed E-state index contributed by atoms with van der Waals surface area (Å²) in [5.41, 5.74) is -1.71. The fraction of sp³-hybridized carbons (Fsp3) is 0.438. The van der Waals surface area contributed by atoms with Crippen molar-refractivity contribution in [2.45, 2.75) is 13.1 Å². The predicted molar refractivity (Wildman–Crippen MR) is 90.3 cm³/mol. The molecule has 0 unspecified atom stereocenters. The van der Waals surface area contributed by atoms with Gasteiger partial charge in [-0.25, -0.2) is 4.79 Å². The SMILES string of the molecule is CCOC(=O)N1CCN(C(=O)C(=O)Nc2ccc(Cl)cc2C(F)(F)F)CC1. The third-order valence-electron chi connectivity index (χ3n) is 3.82. The van der Waals surface area contributed by atoms with Crippen LogP contribution in [-0.4, -0.2) is 60.5 Å². The number of piperazine rings is 1. The van der Waals surface area contributed by atoms with Crippen molar-refractivity contribution < 1.29 is 32.3 Å². The average Bonchev–Trinajstić information content (AvgIpc) is 2.62. The normalized spacial score (nSPS) is 14.7. The van der Waals surface area contributed by atoms with Gasteiger partial charge in [-0.3, -0.25) is 9.59 Å². The monoisotopic (exact) mass is 407 g/mol. The fourth-order valence-electron chi connectivity index (χ4n) is 2.49. The van der Waals surface area contributed by atoms with Gasteiger partial charge in [0.15, 0.2) is 0 Å². The van der Waals surface area contributed by atoms with Crippen LogP contribution < -0.4 is 5.32 Å². The number of benzene rings is 1. The van der Waals surface area contributed by atoms with E-state index in [0.717, 1.165) is 11.0 Å². The van der Waals surface area contributed by atoms with Crippen LogP contribution >= 0.6 is 11.6 Å². The molecule has 1 N–H and O–H groups in total. The number of anilines is 1. The molecule has 0 saturated carbocycles. The molecule has 2 rings (SSSR count). The van der Waals surface area contributed by atoms with Crippen molar-refractivity contribution in [2.24, 2.45) is 0 Å². The number of halogens is 4. The largest absolute Gasteiger partial charge is 0.450 e. The highest BCUT2D eigenvalue weighted by atomic mass is 35.5. The average molecular weight is 408 g/mol. The molecule has 0 spiro atoms. The Morgan fingerprint density at radius 1 is 1.15 bits per heavy atom. The summed E-state index contributed by atoms with van der Waals surface area (Å²) in [4.78, 5) is 38.4. The van der Waals surface area contributed by atoms with Crippen LogP contribution in [0.4, 0.5) is 23.7 Å². The van der Waals surface area contributed by atoms with Crippen LogP contribution in [0.15, 0.2) is 18.2 Å². The van der Waals surface area contributed by atoms with Gasteiger partial charge in [-0.05, 0) is 25.1 Å². The molecule has 0 atom stereocenters. The van der Waals surface area contributed by atoms with Gasteiger partial charge in [0.05, 0.1) is 17.9 Å². The first-order valence-electron chi connectivity index (χ1n) is 8.02. The standard InChI is InChI=1S/C16H17ClF3N3O4/c1-2-27-15(26)23-7-5-22(6-8-23)14(25)13(24)21-12-4-3-10(17)9-11(12)16(18,19)20/h3-4,9H,2,5-8H2,1H3,(H,21,24). The van der Waals surface area contributed by atoms with E-state index in [1.807, 2.05) is 5.32 Å². The quantitative estimate of drug-likeness (QED) is 0.764. The smallest absolute Gasteiger partial charge is 0.418 e. The molecule has 0 aromatic heterocycles. The van der Waals surface area contributed by atoms with E-state index < -0.39 is 35.3 Å². The lowest BCUT2D eigenvalue weighted by Gasteiger charge is -2.33. The summed E-state index contributed by atoms with van der Waals surface area (Å²) in [7, 11) is 0. The highest BCUT2D eigenvalue weighted by Crippen LogP contribution is 2.36. The maximum absolute atomic E-state index is 13.1. The molecule has 0 bridgehead atoms. The van der Waals surface area contributed by atoms with Crippen molar-refractivity contribution in [1.29, 1.82) is 0 Å². The third kappa shape index (κ3) is 5.25. The Labute approximate surface area is 158 Å². The lowest BCUT2D eigenvalue weighted by Crippen LogP contribution is -2.53. The van der Waals surface area contributed by atoms with E-state index in [9.17, 15) is 27.6 Å². The van der Waals surface area contributed by atoms with E-state index in [1.54, 1.807) is 6.92 Å². The Hall–Kier alpha value is -2.49. The van der Waals surface area contributed by atoms with Gasteiger partial charge in [-0.15, -0.1) is 0 Å². The topological polar surface area (TPSA) is 79.0 Å². The summed E-state index contributed by atoms with van der Waals surface area (Å²) in [6.07, 6.45) is -5.27. The van der Waals surface area contributed by atoms with Crippen molar-refractivity contribution in [3.05, 3.63) is 28.8 Å². The van der Waals surface area contributed by atoms with Gasteiger partial charge in [-0.2, -0.15) is 13.2 Å². The molecule has 1 aliphatic rings. The second-order valence-electron chi connectivity index (χ2n) is 5.62. The molecule has 148 valence electrons. The molecular weight excluding hydrogens is 391 g/mol. The molecule has 3 amide bonds. The van der Waals surface area contributed by atoms with E-state index in [4.69, 9.17) is 16.3 Å². The highest BCUT2D eigenvalue weighted by molar-refractivity contribution is 6.39. The summed E-state index contributed by atoms with van der Waals surface area (Å²) >= 11 is 5.58. The minimum atomic E-state index is -4.75. The molecule has 1 aromatic rings. The number of alkyl halides is 3. The minimum Gasteiger partial charge on any atom is -0.450 e. The molecule has 11 heteroatoms. The Morgan fingerprint density at radius 3 is 2.30 bits per heavy atom. The van der Waals surface area contributed by atoms with Crippen LogP contribution in [0.1, 0.15) is 12.5 Å². The Bertz CT molecular complexity index is 734. The Balaban J connectivity index is 2.02. The Kier molecular flexibility index (Phi) is 6.53. The summed E-state index contributed by atoms with van der Waals surface area (Å²) in [5.74, 6) is -2.19. The number of rotatable bonds is 2. The second-order valence-corrected chi connectivity index (χ2v) is 6.06. The molecule has 1 saturated heterocycles. The molecular formula is C16H17ClF3N3O4. The van der Waals surface area contributed by atoms with Crippen LogP contribution in [-0.2, 0) is 20.5 Å². The van der Waals surface area contributed by atoms with Crippen LogP contribution in [0.2, 0.25) is 5.02 Å². The van der Waals surface area contributed by atoms with Crippen molar-refractivity contribution in [2.75, 3.05) is 38.1 Å². The molecule has 0 aliphatic carbocycles. The van der Waals surface area contributed by atoms with Crippen LogP contribution in [0, 0.1) is 0 Å². The highest BCUT2D eigenvalue weighted by Gasteiger charge is 2.35. The van der Waals surface area contributed by atoms with E-state index in [1.165, 1.54) is 11.0 Å². The van der Waals surface area contributed by atoms with Crippen LogP contribution in [0.3, 0.4) is 0 Å². The zero-order valence-corrected chi connectivity index (χ0v) is 15.1. The zero-order valence-electron chi connectivity index (χ0n) is 14.3. The molecule has 7 nitrogen and oxygen atoms in total. The fourth-order valence-corrected chi connectivity index (χ4v) is 2.66. The van der Waals surface area contributed by atoms with E-state index >= 15 is 0 Å². The Morgan fingerprint density at radius 2 is 1.74 bits per heavy atom. The summed E-state index contributed by atoms with van der Waals surface area (Å²) in [6.45, 7) is 2.33. The lowest BCUT2D eigenvalue weighted by molar-refractivity contribution is -0.144. The second kappa shape index (κ2) is 8.47. The van der Waals surface area contributed by atoms with Gasteiger partial charge in [-0.1, -0.05) is 11.6 Å². The van der Waals surface area contributed by atoms with Crippen LogP contribution in [0.25, 0.3) is 0 Å². The maximum atomic E-state index is 13.1.